The fourth-order valence-corrected chi connectivity index (χ4v) is 6.44. The van der Waals surface area contributed by atoms with Crippen molar-refractivity contribution in [3.63, 3.8) is 0 Å². The molecule has 1 N–H and O–H groups in total. The number of nitrogens with one attached hydrogen (secondary N) is 1. The molecule has 0 spiro atoms. The topological polar surface area (TPSA) is 96.0 Å². The molecule has 0 aliphatic heterocycles. The van der Waals surface area contributed by atoms with Gasteiger partial charge in [0.15, 0.2) is 0 Å². The number of anilines is 1. The van der Waals surface area contributed by atoms with E-state index in [9.17, 15) is 18.0 Å². The van der Waals surface area contributed by atoms with Crippen LogP contribution in [0.1, 0.15) is 25.0 Å². The van der Waals surface area contributed by atoms with Crippen molar-refractivity contribution in [2.24, 2.45) is 0 Å². The van der Waals surface area contributed by atoms with Crippen LogP contribution in [-0.4, -0.2) is 50.9 Å². The first-order chi connectivity index (χ1) is 21.5. The lowest BCUT2D eigenvalue weighted by molar-refractivity contribution is -0.140. The molecule has 236 valence electrons. The number of benzene rings is 4. The van der Waals surface area contributed by atoms with Crippen molar-refractivity contribution in [2.75, 3.05) is 18.0 Å². The Labute approximate surface area is 268 Å². The Kier molecular flexibility index (Phi) is 11.2. The van der Waals surface area contributed by atoms with Crippen LogP contribution < -0.4 is 14.4 Å². The third-order valence-electron chi connectivity index (χ3n) is 7.02. The maximum absolute atomic E-state index is 15.0. The summed E-state index contributed by atoms with van der Waals surface area (Å²) in [7, 11) is -2.99. The number of halogens is 2. The summed E-state index contributed by atoms with van der Waals surface area (Å²) in [6.07, 6.45) is 0.103. The molecule has 11 heteroatoms. The van der Waals surface area contributed by atoms with Gasteiger partial charge >= 0.3 is 0 Å². The number of nitrogens with zero attached hydrogens (tertiary/aromatic N) is 2. The molecule has 0 radical (unpaired) electrons. The van der Waals surface area contributed by atoms with Crippen molar-refractivity contribution in [2.45, 2.75) is 43.8 Å². The van der Waals surface area contributed by atoms with Gasteiger partial charge in [-0.05, 0) is 55.8 Å². The molecule has 0 heterocycles. The van der Waals surface area contributed by atoms with E-state index in [-0.39, 0.29) is 45.9 Å². The molecule has 1 atom stereocenters. The van der Waals surface area contributed by atoms with Gasteiger partial charge in [0, 0.05) is 29.6 Å². The van der Waals surface area contributed by atoms with Crippen LogP contribution in [0.15, 0.2) is 108 Å². The maximum atomic E-state index is 15.0. The van der Waals surface area contributed by atoms with Crippen molar-refractivity contribution in [3.8, 4) is 5.75 Å². The summed E-state index contributed by atoms with van der Waals surface area (Å²) in [6, 6.07) is 25.8. The van der Waals surface area contributed by atoms with Crippen LogP contribution in [0.25, 0.3) is 0 Å². The van der Waals surface area contributed by atoms with Crippen molar-refractivity contribution >= 4 is 39.1 Å². The molecule has 4 aromatic carbocycles. The molecule has 0 aliphatic rings. The third kappa shape index (κ3) is 8.40. The lowest BCUT2D eigenvalue weighted by atomic mass is 10.0. The lowest BCUT2D eigenvalue weighted by Crippen LogP contribution is -2.54. The van der Waals surface area contributed by atoms with E-state index < -0.39 is 40.2 Å². The summed E-state index contributed by atoms with van der Waals surface area (Å²) >= 11 is 6.30. The summed E-state index contributed by atoms with van der Waals surface area (Å²) in [4.78, 5) is 29.4. The first-order valence-corrected chi connectivity index (χ1v) is 16.1. The first kappa shape index (κ1) is 33.5. The predicted molar refractivity (Wildman–Crippen MR) is 173 cm³/mol. The van der Waals surface area contributed by atoms with Gasteiger partial charge in [0.25, 0.3) is 10.0 Å². The largest absolute Gasteiger partial charge is 0.495 e. The Hall–Kier alpha value is -4.41. The Balaban J connectivity index is 1.86. The zero-order valence-corrected chi connectivity index (χ0v) is 26.8. The zero-order chi connectivity index (χ0) is 32.6. The summed E-state index contributed by atoms with van der Waals surface area (Å²) in [6.45, 7) is 2.56. The van der Waals surface area contributed by atoms with Gasteiger partial charge in [-0.15, -0.1) is 0 Å². The van der Waals surface area contributed by atoms with Gasteiger partial charge in [0.1, 0.15) is 24.2 Å². The smallest absolute Gasteiger partial charge is 0.264 e. The monoisotopic (exact) mass is 651 g/mol. The van der Waals surface area contributed by atoms with Crippen LogP contribution in [0.5, 0.6) is 5.75 Å². The lowest BCUT2D eigenvalue weighted by Gasteiger charge is -2.34. The average Bonchev–Trinajstić information content (AvgIpc) is 3.02. The molecule has 0 saturated carbocycles. The number of hydrogen-bond donors (Lipinski definition) is 1. The first-order valence-electron chi connectivity index (χ1n) is 14.3. The van der Waals surface area contributed by atoms with Gasteiger partial charge in [-0.25, -0.2) is 12.8 Å². The van der Waals surface area contributed by atoms with Crippen LogP contribution >= 0.6 is 11.6 Å². The second-order valence-electron chi connectivity index (χ2n) is 10.6. The van der Waals surface area contributed by atoms with E-state index in [0.717, 1.165) is 9.87 Å². The Bertz CT molecular complexity index is 1720. The van der Waals surface area contributed by atoms with Crippen LogP contribution in [0.2, 0.25) is 5.02 Å². The van der Waals surface area contributed by atoms with E-state index in [4.69, 9.17) is 16.3 Å². The molecule has 0 bridgehead atoms. The summed E-state index contributed by atoms with van der Waals surface area (Å²) < 4.78 is 49.7. The van der Waals surface area contributed by atoms with E-state index in [2.05, 4.69) is 5.32 Å². The summed E-state index contributed by atoms with van der Waals surface area (Å²) in [5.74, 6) is -1.61. The van der Waals surface area contributed by atoms with Crippen LogP contribution in [-0.2, 0) is 32.6 Å². The van der Waals surface area contributed by atoms with Gasteiger partial charge in [-0.3, -0.25) is 13.9 Å². The second kappa shape index (κ2) is 15.0. The number of sulfonamides is 1. The molecule has 0 saturated heterocycles. The van der Waals surface area contributed by atoms with Crippen LogP contribution in [0.4, 0.5) is 10.1 Å². The number of carbonyl (C=O) groups is 2. The van der Waals surface area contributed by atoms with Gasteiger partial charge in [-0.2, -0.15) is 0 Å². The summed E-state index contributed by atoms with van der Waals surface area (Å²) in [5.41, 5.74) is 0.955. The minimum absolute atomic E-state index is 0.0271. The molecule has 0 aliphatic carbocycles. The molecule has 45 heavy (non-hydrogen) atoms. The van der Waals surface area contributed by atoms with Gasteiger partial charge in [-0.1, -0.05) is 78.3 Å². The molecule has 0 aromatic heterocycles. The average molecular weight is 652 g/mol. The quantitative estimate of drug-likeness (QED) is 0.196. The number of ether oxygens (including phenoxy) is 1. The van der Waals surface area contributed by atoms with Gasteiger partial charge in [0.2, 0.25) is 11.8 Å². The normalized spacial score (nSPS) is 12.0. The van der Waals surface area contributed by atoms with Crippen LogP contribution in [0.3, 0.4) is 0 Å². The standard InChI is InChI=1S/C34H35ClFN3O5S/c1-24(2)37-34(41)31(20-25-12-6-4-7-13-25)38(22-26-14-10-11-17-29(26)36)33(40)23-39(30-21-27(35)18-19-32(30)44-3)45(42,43)28-15-8-5-9-16-28/h4-19,21,24,31H,20,22-23H2,1-3H3,(H,37,41)/t31-/m0/s1. The van der Waals surface area contributed by atoms with Crippen LogP contribution in [0, 0.1) is 5.82 Å². The molecule has 8 nitrogen and oxygen atoms in total. The highest BCUT2D eigenvalue weighted by molar-refractivity contribution is 7.92. The van der Waals surface area contributed by atoms with Gasteiger partial charge in [0.05, 0.1) is 17.7 Å². The molecule has 2 amide bonds. The molecular formula is C34H35ClFN3O5S. The van der Waals surface area contributed by atoms with Gasteiger partial charge < -0.3 is 15.0 Å². The highest BCUT2D eigenvalue weighted by Crippen LogP contribution is 2.35. The number of carbonyl (C=O) groups excluding carboxylic acids is 2. The fourth-order valence-electron chi connectivity index (χ4n) is 4.84. The number of amides is 2. The molecule has 4 aromatic rings. The predicted octanol–water partition coefficient (Wildman–Crippen LogP) is 5.85. The number of rotatable bonds is 13. The van der Waals surface area contributed by atoms with E-state index in [1.54, 1.807) is 38.1 Å². The van der Waals surface area contributed by atoms with Crippen molar-refractivity contribution < 1.29 is 27.1 Å². The van der Waals surface area contributed by atoms with E-state index in [0.29, 0.717) is 0 Å². The zero-order valence-electron chi connectivity index (χ0n) is 25.2. The highest BCUT2D eigenvalue weighted by atomic mass is 35.5. The Morgan fingerprint density at radius 2 is 1.53 bits per heavy atom. The molecule has 0 fully saturated rings. The van der Waals surface area contributed by atoms with E-state index >= 15 is 4.39 Å². The Morgan fingerprint density at radius 3 is 2.16 bits per heavy atom. The molecule has 4 rings (SSSR count). The van der Waals surface area contributed by atoms with Crippen molar-refractivity contribution in [1.29, 1.82) is 0 Å². The minimum atomic E-state index is -4.36. The fraction of sp³-hybridized carbons (Fsp3) is 0.235. The second-order valence-corrected chi connectivity index (χ2v) is 12.9. The maximum Gasteiger partial charge on any atom is 0.264 e. The highest BCUT2D eigenvalue weighted by Gasteiger charge is 2.36. The molecular weight excluding hydrogens is 617 g/mol. The SMILES string of the molecule is COc1ccc(Cl)cc1N(CC(=O)N(Cc1ccccc1F)[C@@H](Cc1ccccc1)C(=O)NC(C)C)S(=O)(=O)c1ccccc1. The number of methoxy groups -OCH3 is 1. The Morgan fingerprint density at radius 1 is 0.911 bits per heavy atom. The van der Waals surface area contributed by atoms with E-state index in [1.165, 1.54) is 60.5 Å². The third-order valence-corrected chi connectivity index (χ3v) is 9.03. The molecule has 0 unspecified atom stereocenters. The summed E-state index contributed by atoms with van der Waals surface area (Å²) in [5, 5.41) is 3.09. The van der Waals surface area contributed by atoms with Crippen molar-refractivity contribution in [3.05, 3.63) is 125 Å². The van der Waals surface area contributed by atoms with Crippen molar-refractivity contribution in [1.82, 2.24) is 10.2 Å². The number of hydrogen-bond acceptors (Lipinski definition) is 5. The van der Waals surface area contributed by atoms with E-state index in [1.807, 2.05) is 30.3 Å². The minimum Gasteiger partial charge on any atom is -0.495 e.